The molecule has 6 nitrogen and oxygen atoms in total. The Morgan fingerprint density at radius 2 is 2.29 bits per heavy atom. The Morgan fingerprint density at radius 1 is 1.48 bits per heavy atom. The van der Waals surface area contributed by atoms with Gasteiger partial charge in [-0.15, -0.1) is 0 Å². The number of ether oxygens (including phenoxy) is 2. The Bertz CT molecular complexity index is 522. The van der Waals surface area contributed by atoms with Crippen LogP contribution in [0.5, 0.6) is 5.75 Å². The summed E-state index contributed by atoms with van der Waals surface area (Å²) >= 11 is 5.83. The van der Waals surface area contributed by atoms with Crippen molar-refractivity contribution >= 4 is 23.5 Å². The SMILES string of the molecule is O=C(O)CC1COCCN1C(=O)COc1cccc(Cl)c1. The summed E-state index contributed by atoms with van der Waals surface area (Å²) in [6, 6.07) is 6.30. The molecule has 1 aromatic carbocycles. The van der Waals surface area contributed by atoms with Gasteiger partial charge < -0.3 is 19.5 Å². The first-order chi connectivity index (χ1) is 10.1. The lowest BCUT2D eigenvalue weighted by Gasteiger charge is -2.34. The van der Waals surface area contributed by atoms with Gasteiger partial charge in [0.05, 0.1) is 25.7 Å². The number of carbonyl (C=O) groups is 2. The van der Waals surface area contributed by atoms with Gasteiger partial charge in [0, 0.05) is 11.6 Å². The Labute approximate surface area is 127 Å². The molecule has 0 spiro atoms. The molecule has 2 rings (SSSR count). The number of rotatable bonds is 5. The predicted molar refractivity (Wildman–Crippen MR) is 75.5 cm³/mol. The van der Waals surface area contributed by atoms with Gasteiger partial charge in [-0.1, -0.05) is 17.7 Å². The molecule has 1 aromatic rings. The lowest BCUT2D eigenvalue weighted by Crippen LogP contribution is -2.51. The predicted octanol–water partition coefficient (Wildman–Crippen LogP) is 1.42. The van der Waals surface area contributed by atoms with E-state index in [2.05, 4.69) is 0 Å². The van der Waals surface area contributed by atoms with Crippen LogP contribution >= 0.6 is 11.6 Å². The van der Waals surface area contributed by atoms with Crippen LogP contribution in [0.25, 0.3) is 0 Å². The van der Waals surface area contributed by atoms with Crippen LogP contribution in [0.4, 0.5) is 0 Å². The van der Waals surface area contributed by atoms with Crippen molar-refractivity contribution in [3.8, 4) is 5.75 Å². The molecule has 1 saturated heterocycles. The van der Waals surface area contributed by atoms with Crippen LogP contribution < -0.4 is 4.74 Å². The zero-order chi connectivity index (χ0) is 15.2. The molecule has 114 valence electrons. The molecule has 1 fully saturated rings. The molecule has 1 N–H and O–H groups in total. The van der Waals surface area contributed by atoms with E-state index in [9.17, 15) is 9.59 Å². The molecule has 0 radical (unpaired) electrons. The van der Waals surface area contributed by atoms with Crippen molar-refractivity contribution in [1.29, 1.82) is 0 Å². The molecule has 7 heteroatoms. The highest BCUT2D eigenvalue weighted by Gasteiger charge is 2.29. The third kappa shape index (κ3) is 4.61. The maximum absolute atomic E-state index is 12.2. The molecule has 0 aromatic heterocycles. The van der Waals surface area contributed by atoms with Gasteiger partial charge in [0.2, 0.25) is 0 Å². The molecule has 1 unspecified atom stereocenters. The number of carboxylic acid groups (broad SMARTS) is 1. The molecule has 0 aliphatic carbocycles. The van der Waals surface area contributed by atoms with Crippen LogP contribution in [0.3, 0.4) is 0 Å². The molecular formula is C14H16ClNO5. The number of carbonyl (C=O) groups excluding carboxylic acids is 1. The Kier molecular flexibility index (Phi) is 5.41. The fourth-order valence-corrected chi connectivity index (χ4v) is 2.32. The van der Waals surface area contributed by atoms with Gasteiger partial charge in [0.25, 0.3) is 5.91 Å². The van der Waals surface area contributed by atoms with Crippen molar-refractivity contribution in [2.45, 2.75) is 12.5 Å². The van der Waals surface area contributed by atoms with Crippen molar-refractivity contribution in [3.05, 3.63) is 29.3 Å². The van der Waals surface area contributed by atoms with E-state index in [4.69, 9.17) is 26.2 Å². The molecule has 0 bridgehead atoms. The van der Waals surface area contributed by atoms with Crippen LogP contribution in [0, 0.1) is 0 Å². The van der Waals surface area contributed by atoms with Gasteiger partial charge in [-0.3, -0.25) is 9.59 Å². The highest BCUT2D eigenvalue weighted by Crippen LogP contribution is 2.18. The lowest BCUT2D eigenvalue weighted by atomic mass is 10.1. The van der Waals surface area contributed by atoms with Crippen LogP contribution in [0.2, 0.25) is 5.02 Å². The molecule has 0 saturated carbocycles. The Balaban J connectivity index is 1.92. The van der Waals surface area contributed by atoms with Crippen LogP contribution in [-0.2, 0) is 14.3 Å². The van der Waals surface area contributed by atoms with Gasteiger partial charge in [-0.25, -0.2) is 0 Å². The number of carboxylic acids is 1. The maximum atomic E-state index is 12.2. The second-order valence-electron chi connectivity index (χ2n) is 4.66. The molecular weight excluding hydrogens is 298 g/mol. The minimum atomic E-state index is -0.959. The van der Waals surface area contributed by atoms with E-state index < -0.39 is 12.0 Å². The molecule has 1 aliphatic rings. The van der Waals surface area contributed by atoms with E-state index in [0.717, 1.165) is 0 Å². The van der Waals surface area contributed by atoms with Crippen molar-refractivity contribution in [2.75, 3.05) is 26.4 Å². The number of amides is 1. The van der Waals surface area contributed by atoms with E-state index in [0.29, 0.717) is 23.9 Å². The van der Waals surface area contributed by atoms with E-state index in [1.807, 2.05) is 0 Å². The summed E-state index contributed by atoms with van der Waals surface area (Å²) in [7, 11) is 0. The van der Waals surface area contributed by atoms with E-state index in [1.165, 1.54) is 4.90 Å². The topological polar surface area (TPSA) is 76.1 Å². The Hall–Kier alpha value is -1.79. The van der Waals surface area contributed by atoms with E-state index in [1.54, 1.807) is 24.3 Å². The van der Waals surface area contributed by atoms with Gasteiger partial charge in [0.1, 0.15) is 5.75 Å². The largest absolute Gasteiger partial charge is 0.484 e. The second-order valence-corrected chi connectivity index (χ2v) is 5.10. The number of aliphatic carboxylic acids is 1. The van der Waals surface area contributed by atoms with Crippen LogP contribution in [0.1, 0.15) is 6.42 Å². The maximum Gasteiger partial charge on any atom is 0.305 e. The quantitative estimate of drug-likeness (QED) is 0.889. The molecule has 1 amide bonds. The number of morpholine rings is 1. The number of nitrogens with zero attached hydrogens (tertiary/aromatic N) is 1. The highest BCUT2D eigenvalue weighted by molar-refractivity contribution is 6.30. The van der Waals surface area contributed by atoms with Gasteiger partial charge >= 0.3 is 5.97 Å². The third-order valence-corrected chi connectivity index (χ3v) is 3.35. The number of hydrogen-bond donors (Lipinski definition) is 1. The zero-order valence-corrected chi connectivity index (χ0v) is 12.1. The first-order valence-electron chi connectivity index (χ1n) is 6.53. The van der Waals surface area contributed by atoms with E-state index >= 15 is 0 Å². The number of benzene rings is 1. The van der Waals surface area contributed by atoms with Gasteiger partial charge in [0.15, 0.2) is 6.61 Å². The standard InChI is InChI=1S/C14H16ClNO5/c15-10-2-1-3-12(6-10)21-9-13(17)16-4-5-20-8-11(16)7-14(18)19/h1-3,6,11H,4-5,7-9H2,(H,18,19). The van der Waals surface area contributed by atoms with E-state index in [-0.39, 0.29) is 25.5 Å². The lowest BCUT2D eigenvalue weighted by molar-refractivity contribution is -0.147. The molecule has 1 heterocycles. The summed E-state index contributed by atoms with van der Waals surface area (Å²) in [4.78, 5) is 24.5. The van der Waals surface area contributed by atoms with Crippen molar-refractivity contribution in [2.24, 2.45) is 0 Å². The van der Waals surface area contributed by atoms with Gasteiger partial charge in [-0.05, 0) is 18.2 Å². The van der Waals surface area contributed by atoms with Crippen LogP contribution in [-0.4, -0.2) is 54.3 Å². The van der Waals surface area contributed by atoms with Crippen molar-refractivity contribution in [1.82, 2.24) is 4.90 Å². The number of halogens is 1. The summed E-state index contributed by atoms with van der Waals surface area (Å²) in [5.41, 5.74) is 0. The normalized spacial score (nSPS) is 18.3. The molecule has 1 atom stereocenters. The number of hydrogen-bond acceptors (Lipinski definition) is 4. The summed E-state index contributed by atoms with van der Waals surface area (Å²) in [6.07, 6.45) is -0.136. The fraction of sp³-hybridized carbons (Fsp3) is 0.429. The third-order valence-electron chi connectivity index (χ3n) is 3.12. The summed E-state index contributed by atoms with van der Waals surface area (Å²) in [5.74, 6) is -0.720. The summed E-state index contributed by atoms with van der Waals surface area (Å²) in [6.45, 7) is 0.848. The minimum Gasteiger partial charge on any atom is -0.484 e. The Morgan fingerprint density at radius 3 is 3.00 bits per heavy atom. The fourth-order valence-electron chi connectivity index (χ4n) is 2.14. The van der Waals surface area contributed by atoms with Crippen molar-refractivity contribution in [3.63, 3.8) is 0 Å². The average molecular weight is 314 g/mol. The zero-order valence-electron chi connectivity index (χ0n) is 11.3. The van der Waals surface area contributed by atoms with Crippen LogP contribution in [0.15, 0.2) is 24.3 Å². The van der Waals surface area contributed by atoms with Crippen molar-refractivity contribution < 1.29 is 24.2 Å². The smallest absolute Gasteiger partial charge is 0.305 e. The second kappa shape index (κ2) is 7.28. The van der Waals surface area contributed by atoms with Gasteiger partial charge in [-0.2, -0.15) is 0 Å². The summed E-state index contributed by atoms with van der Waals surface area (Å²) < 4.78 is 10.6. The average Bonchev–Trinajstić information content (AvgIpc) is 2.45. The minimum absolute atomic E-state index is 0.136. The monoisotopic (exact) mass is 313 g/mol. The molecule has 21 heavy (non-hydrogen) atoms. The molecule has 1 aliphatic heterocycles. The first-order valence-corrected chi connectivity index (χ1v) is 6.91. The highest BCUT2D eigenvalue weighted by atomic mass is 35.5. The first kappa shape index (κ1) is 15.6. The summed E-state index contributed by atoms with van der Waals surface area (Å²) in [5, 5.41) is 9.39.